The van der Waals surface area contributed by atoms with Gasteiger partial charge < -0.3 is 10.1 Å². The number of ether oxygens (including phenoxy) is 1. The first-order chi connectivity index (χ1) is 13.4. The summed E-state index contributed by atoms with van der Waals surface area (Å²) < 4.78 is 18.8. The number of halogens is 1. The van der Waals surface area contributed by atoms with Crippen LogP contribution in [-0.2, 0) is 11.3 Å². The maximum Gasteiger partial charge on any atom is 0.321 e. The zero-order valence-corrected chi connectivity index (χ0v) is 17.0. The quantitative estimate of drug-likeness (QED) is 0.704. The second-order valence-corrected chi connectivity index (χ2v) is 7.50. The first-order valence-electron chi connectivity index (χ1n) is 9.72. The lowest BCUT2D eigenvalue weighted by Gasteiger charge is -2.34. The number of carbonyl (C=O) groups excluding carboxylic acids is 2. The second-order valence-electron chi connectivity index (χ2n) is 7.50. The summed E-state index contributed by atoms with van der Waals surface area (Å²) in [5.74, 6) is 0.589. The highest BCUT2D eigenvalue weighted by molar-refractivity contribution is 5.95. The molecule has 8 heteroatoms. The molecule has 156 valence electrons. The van der Waals surface area contributed by atoms with Gasteiger partial charge in [0.25, 0.3) is 0 Å². The molecule has 1 aliphatic rings. The first-order valence-corrected chi connectivity index (χ1v) is 9.72. The number of piperazine rings is 1. The van der Waals surface area contributed by atoms with Crippen molar-refractivity contribution in [3.63, 3.8) is 0 Å². The summed E-state index contributed by atoms with van der Waals surface area (Å²) in [5.41, 5.74) is 0.812. The number of rotatable bonds is 8. The maximum absolute atomic E-state index is 13.5. The molecule has 2 N–H and O–H groups in total. The van der Waals surface area contributed by atoms with Gasteiger partial charge in [-0.2, -0.15) is 0 Å². The Morgan fingerprint density at radius 2 is 1.86 bits per heavy atom. The fourth-order valence-electron chi connectivity index (χ4n) is 3.10. The largest absolute Gasteiger partial charge is 0.496 e. The standard InChI is InChI=1S/C20H31FN4O3/c1-15(2)6-7-22-20(27)23-19(26)14-25-10-8-24(9-11-25)13-16-12-17(21)4-5-18(16)28-3/h4-5,12,15H,6-11,13-14H2,1-3H3,(H2,22,23,26,27). The zero-order chi connectivity index (χ0) is 20.5. The molecule has 0 radical (unpaired) electrons. The molecule has 1 heterocycles. The average molecular weight is 394 g/mol. The molecule has 0 aliphatic carbocycles. The van der Waals surface area contributed by atoms with Gasteiger partial charge in [0.1, 0.15) is 11.6 Å². The SMILES string of the molecule is COc1ccc(F)cc1CN1CCN(CC(=O)NC(=O)NCCC(C)C)CC1. The number of methoxy groups -OCH3 is 1. The summed E-state index contributed by atoms with van der Waals surface area (Å²) >= 11 is 0. The van der Waals surface area contributed by atoms with Crippen LogP contribution >= 0.6 is 0 Å². The number of nitrogens with one attached hydrogen (secondary N) is 2. The van der Waals surface area contributed by atoms with Gasteiger partial charge in [-0.3, -0.25) is 19.9 Å². The van der Waals surface area contributed by atoms with Gasteiger partial charge in [0.15, 0.2) is 0 Å². The molecule has 0 saturated carbocycles. The third-order valence-corrected chi connectivity index (χ3v) is 4.73. The lowest BCUT2D eigenvalue weighted by Crippen LogP contribution is -2.50. The van der Waals surface area contributed by atoms with E-state index in [0.29, 0.717) is 37.8 Å². The van der Waals surface area contributed by atoms with Crippen molar-refractivity contribution in [2.24, 2.45) is 5.92 Å². The van der Waals surface area contributed by atoms with E-state index in [0.717, 1.165) is 25.1 Å². The Morgan fingerprint density at radius 1 is 1.18 bits per heavy atom. The van der Waals surface area contributed by atoms with Gasteiger partial charge in [0.05, 0.1) is 13.7 Å². The highest BCUT2D eigenvalue weighted by atomic mass is 19.1. The summed E-state index contributed by atoms with van der Waals surface area (Å²) in [4.78, 5) is 27.9. The normalized spacial score (nSPS) is 15.5. The number of carbonyl (C=O) groups is 2. The van der Waals surface area contributed by atoms with Gasteiger partial charge in [0.2, 0.25) is 5.91 Å². The third kappa shape index (κ3) is 7.44. The van der Waals surface area contributed by atoms with Crippen molar-refractivity contribution in [2.45, 2.75) is 26.8 Å². The number of benzene rings is 1. The summed E-state index contributed by atoms with van der Waals surface area (Å²) in [7, 11) is 1.58. The van der Waals surface area contributed by atoms with E-state index >= 15 is 0 Å². The smallest absolute Gasteiger partial charge is 0.321 e. The van der Waals surface area contributed by atoms with E-state index in [1.165, 1.54) is 12.1 Å². The molecule has 1 aromatic rings. The molecule has 2 rings (SSSR count). The molecule has 1 aliphatic heterocycles. The van der Waals surface area contributed by atoms with Crippen molar-refractivity contribution >= 4 is 11.9 Å². The van der Waals surface area contributed by atoms with Crippen molar-refractivity contribution in [1.82, 2.24) is 20.4 Å². The Hall–Kier alpha value is -2.19. The molecular weight excluding hydrogens is 363 g/mol. The van der Waals surface area contributed by atoms with Crippen molar-refractivity contribution in [3.8, 4) is 5.75 Å². The fourth-order valence-corrected chi connectivity index (χ4v) is 3.10. The Balaban J connectivity index is 1.71. The number of amides is 3. The first kappa shape index (κ1) is 22.1. The predicted molar refractivity (Wildman–Crippen MR) is 106 cm³/mol. The van der Waals surface area contributed by atoms with Crippen LogP contribution in [0.15, 0.2) is 18.2 Å². The number of hydrogen-bond donors (Lipinski definition) is 2. The lowest BCUT2D eigenvalue weighted by atomic mass is 10.1. The van der Waals surface area contributed by atoms with Crippen LogP contribution in [0.4, 0.5) is 9.18 Å². The number of nitrogens with zero attached hydrogens (tertiary/aromatic N) is 2. The number of urea groups is 1. The van der Waals surface area contributed by atoms with Crippen molar-refractivity contribution in [2.75, 3.05) is 46.4 Å². The topological polar surface area (TPSA) is 73.9 Å². The molecule has 28 heavy (non-hydrogen) atoms. The molecule has 1 aromatic carbocycles. The lowest BCUT2D eigenvalue weighted by molar-refractivity contribution is -0.121. The van der Waals surface area contributed by atoms with Crippen molar-refractivity contribution < 1.29 is 18.7 Å². The molecule has 0 bridgehead atoms. The van der Waals surface area contributed by atoms with Crippen LogP contribution < -0.4 is 15.4 Å². The molecule has 1 saturated heterocycles. The summed E-state index contributed by atoms with van der Waals surface area (Å²) in [6.45, 7) is 8.43. The van der Waals surface area contributed by atoms with Gasteiger partial charge in [0, 0.05) is 44.8 Å². The minimum absolute atomic E-state index is 0.189. The van der Waals surface area contributed by atoms with Gasteiger partial charge >= 0.3 is 6.03 Å². The number of hydrogen-bond acceptors (Lipinski definition) is 5. The van der Waals surface area contributed by atoms with E-state index in [1.54, 1.807) is 13.2 Å². The van der Waals surface area contributed by atoms with Gasteiger partial charge in [-0.25, -0.2) is 9.18 Å². The van der Waals surface area contributed by atoms with Crippen LogP contribution in [0.25, 0.3) is 0 Å². The van der Waals surface area contributed by atoms with Crippen LogP contribution in [0.5, 0.6) is 5.75 Å². The minimum atomic E-state index is -0.442. The number of imide groups is 1. The average Bonchev–Trinajstić information content (AvgIpc) is 2.63. The maximum atomic E-state index is 13.5. The van der Waals surface area contributed by atoms with E-state index in [2.05, 4.69) is 29.4 Å². The Morgan fingerprint density at radius 3 is 2.50 bits per heavy atom. The molecule has 1 fully saturated rings. The second kappa shape index (κ2) is 11.0. The van der Waals surface area contributed by atoms with E-state index in [1.807, 2.05) is 4.90 Å². The van der Waals surface area contributed by atoms with Crippen molar-refractivity contribution in [3.05, 3.63) is 29.6 Å². The summed E-state index contributed by atoms with van der Waals surface area (Å²) in [6.07, 6.45) is 0.875. The Kier molecular flexibility index (Phi) is 8.66. The van der Waals surface area contributed by atoms with E-state index in [-0.39, 0.29) is 18.3 Å². The molecule has 0 unspecified atom stereocenters. The Labute approximate surface area is 166 Å². The summed E-state index contributed by atoms with van der Waals surface area (Å²) in [5, 5.41) is 5.06. The molecule has 0 atom stereocenters. The van der Waals surface area contributed by atoms with Crippen LogP contribution in [0.1, 0.15) is 25.8 Å². The van der Waals surface area contributed by atoms with Crippen LogP contribution in [0.2, 0.25) is 0 Å². The fraction of sp³-hybridized carbons (Fsp3) is 0.600. The van der Waals surface area contributed by atoms with Gasteiger partial charge in [-0.1, -0.05) is 13.8 Å². The predicted octanol–water partition coefficient (Wildman–Crippen LogP) is 1.82. The van der Waals surface area contributed by atoms with E-state index in [9.17, 15) is 14.0 Å². The highest BCUT2D eigenvalue weighted by Gasteiger charge is 2.21. The summed E-state index contributed by atoms with van der Waals surface area (Å²) in [6, 6.07) is 4.08. The molecular formula is C20H31FN4O3. The van der Waals surface area contributed by atoms with E-state index < -0.39 is 6.03 Å². The molecule has 7 nitrogen and oxygen atoms in total. The third-order valence-electron chi connectivity index (χ3n) is 4.73. The van der Waals surface area contributed by atoms with Crippen molar-refractivity contribution in [1.29, 1.82) is 0 Å². The van der Waals surface area contributed by atoms with Crippen LogP contribution in [0.3, 0.4) is 0 Å². The monoisotopic (exact) mass is 394 g/mol. The highest BCUT2D eigenvalue weighted by Crippen LogP contribution is 2.21. The van der Waals surface area contributed by atoms with Crippen LogP contribution in [-0.4, -0.2) is 68.1 Å². The Bertz CT molecular complexity index is 661. The van der Waals surface area contributed by atoms with Gasteiger partial charge in [-0.05, 0) is 30.5 Å². The molecule has 0 spiro atoms. The molecule has 3 amide bonds. The zero-order valence-electron chi connectivity index (χ0n) is 17.0. The van der Waals surface area contributed by atoms with Crippen LogP contribution in [0, 0.1) is 11.7 Å². The van der Waals surface area contributed by atoms with Gasteiger partial charge in [-0.15, -0.1) is 0 Å². The minimum Gasteiger partial charge on any atom is -0.496 e. The van der Waals surface area contributed by atoms with E-state index in [4.69, 9.17) is 4.74 Å². The molecule has 0 aromatic heterocycles.